The highest BCUT2D eigenvalue weighted by Crippen LogP contribution is 2.30. The molecule has 4 nitrogen and oxygen atoms in total. The second-order valence-corrected chi connectivity index (χ2v) is 7.17. The van der Waals surface area contributed by atoms with Crippen LogP contribution in [0.25, 0.3) is 11.1 Å². The summed E-state index contributed by atoms with van der Waals surface area (Å²) in [7, 11) is 1.68. The number of hydrogen-bond acceptors (Lipinski definition) is 3. The second-order valence-electron chi connectivity index (χ2n) is 7.17. The van der Waals surface area contributed by atoms with Crippen LogP contribution in [-0.2, 0) is 4.79 Å². The number of hydrogen-bond donors (Lipinski definition) is 2. The Morgan fingerprint density at radius 2 is 1.89 bits per heavy atom. The Kier molecular flexibility index (Phi) is 7.69. The van der Waals surface area contributed by atoms with Crippen molar-refractivity contribution in [3.05, 3.63) is 54.1 Å². The molecule has 5 heteroatoms. The van der Waals surface area contributed by atoms with Crippen LogP contribution in [0.2, 0.25) is 0 Å². The number of methoxy groups -OCH3 is 1. The van der Waals surface area contributed by atoms with Gasteiger partial charge in [0, 0.05) is 18.0 Å². The monoisotopic (exact) mass is 388 g/mol. The average Bonchev–Trinajstić information content (AvgIpc) is 3.06. The fourth-order valence-electron chi connectivity index (χ4n) is 3.78. The van der Waals surface area contributed by atoms with Gasteiger partial charge in [-0.1, -0.05) is 48.9 Å². The summed E-state index contributed by atoms with van der Waals surface area (Å²) in [5.41, 5.74) is 9.33. The summed E-state index contributed by atoms with van der Waals surface area (Å²) in [4.78, 5) is 12.3. The molecule has 1 saturated carbocycles. The Hall–Kier alpha value is -2.04. The third-order valence-corrected chi connectivity index (χ3v) is 5.37. The molecule has 27 heavy (non-hydrogen) atoms. The summed E-state index contributed by atoms with van der Waals surface area (Å²) >= 11 is 0. The lowest BCUT2D eigenvalue weighted by molar-refractivity contribution is -0.122. The summed E-state index contributed by atoms with van der Waals surface area (Å²) in [5, 5.41) is 3.11. The molecule has 3 rings (SSSR count). The van der Waals surface area contributed by atoms with Gasteiger partial charge in [0.2, 0.25) is 5.91 Å². The Balaban J connectivity index is 0.00000261. The van der Waals surface area contributed by atoms with Crippen molar-refractivity contribution >= 4 is 18.3 Å². The Morgan fingerprint density at radius 1 is 1.19 bits per heavy atom. The summed E-state index contributed by atoms with van der Waals surface area (Å²) in [5.74, 6) is 1.28. The van der Waals surface area contributed by atoms with E-state index in [4.69, 9.17) is 10.5 Å². The van der Waals surface area contributed by atoms with Crippen LogP contribution in [0, 0.1) is 5.92 Å². The molecule has 0 spiro atoms. The number of para-hydroxylation sites is 1. The second kappa shape index (κ2) is 9.77. The summed E-state index contributed by atoms with van der Waals surface area (Å²) in [6.45, 7) is 2.02. The zero-order chi connectivity index (χ0) is 18.5. The van der Waals surface area contributed by atoms with E-state index in [1.165, 1.54) is 0 Å². The number of carbonyl (C=O) groups excluding carboxylic acids is 1. The largest absolute Gasteiger partial charge is 0.496 e. The minimum Gasteiger partial charge on any atom is -0.496 e. The van der Waals surface area contributed by atoms with Crippen LogP contribution in [0.1, 0.15) is 44.2 Å². The van der Waals surface area contributed by atoms with Crippen molar-refractivity contribution < 1.29 is 9.53 Å². The van der Waals surface area contributed by atoms with Crippen molar-refractivity contribution in [2.24, 2.45) is 11.7 Å². The first-order valence-electron chi connectivity index (χ1n) is 9.36. The van der Waals surface area contributed by atoms with Gasteiger partial charge >= 0.3 is 0 Å². The molecule has 0 saturated heterocycles. The lowest BCUT2D eigenvalue weighted by Crippen LogP contribution is -2.32. The normalized spacial score (nSPS) is 19.8. The Morgan fingerprint density at radius 3 is 2.52 bits per heavy atom. The van der Waals surface area contributed by atoms with Crippen LogP contribution in [0.5, 0.6) is 5.75 Å². The van der Waals surface area contributed by atoms with Gasteiger partial charge in [0.1, 0.15) is 5.75 Å². The number of benzene rings is 2. The maximum Gasteiger partial charge on any atom is 0.220 e. The molecule has 2 aromatic carbocycles. The zero-order valence-corrected chi connectivity index (χ0v) is 16.8. The summed E-state index contributed by atoms with van der Waals surface area (Å²) < 4.78 is 5.43. The smallest absolute Gasteiger partial charge is 0.220 e. The molecule has 1 amide bonds. The van der Waals surface area contributed by atoms with Crippen LogP contribution < -0.4 is 15.8 Å². The van der Waals surface area contributed by atoms with Gasteiger partial charge < -0.3 is 15.8 Å². The van der Waals surface area contributed by atoms with Gasteiger partial charge in [0.15, 0.2) is 0 Å². The van der Waals surface area contributed by atoms with Crippen molar-refractivity contribution in [2.75, 3.05) is 7.11 Å². The molecule has 2 aromatic rings. The Labute approximate surface area is 167 Å². The first-order valence-corrected chi connectivity index (χ1v) is 9.36. The number of ether oxygens (including phenoxy) is 1. The minimum absolute atomic E-state index is 0. The van der Waals surface area contributed by atoms with E-state index in [-0.39, 0.29) is 30.4 Å². The first kappa shape index (κ1) is 21.3. The van der Waals surface area contributed by atoms with E-state index < -0.39 is 0 Å². The highest BCUT2D eigenvalue weighted by molar-refractivity contribution is 5.85. The first-order chi connectivity index (χ1) is 12.6. The summed E-state index contributed by atoms with van der Waals surface area (Å²) in [6, 6.07) is 16.4. The standard InChI is InChI=1S/C22H28N2O2.ClH/c1-15(24-22(25)14-18-6-5-8-20(18)23)16-10-12-17(13-11-16)19-7-3-4-9-21(19)26-2;/h3-4,7,9-13,15,18,20H,5-6,8,14,23H2,1-2H3,(H,24,25);1H/t15?,18-,20+;/m0./s1. The average molecular weight is 389 g/mol. The highest BCUT2D eigenvalue weighted by atomic mass is 35.5. The molecule has 146 valence electrons. The molecule has 3 N–H and O–H groups in total. The number of rotatable bonds is 6. The number of nitrogens with two attached hydrogens (primary N) is 1. The number of carbonyl (C=O) groups is 1. The van der Waals surface area contributed by atoms with Gasteiger partial charge in [0.25, 0.3) is 0 Å². The molecular formula is C22H29ClN2O2. The van der Waals surface area contributed by atoms with E-state index in [1.807, 2.05) is 31.2 Å². The zero-order valence-electron chi connectivity index (χ0n) is 16.0. The predicted octanol–water partition coefficient (Wildman–Crippen LogP) is 4.48. The summed E-state index contributed by atoms with van der Waals surface area (Å²) in [6.07, 6.45) is 3.78. The SMILES string of the molecule is COc1ccccc1-c1ccc(C(C)NC(=O)C[C@@H]2CCC[C@H]2N)cc1.Cl. The Bertz CT molecular complexity index is 748. The third-order valence-electron chi connectivity index (χ3n) is 5.37. The van der Waals surface area contributed by atoms with Crippen molar-refractivity contribution in [2.45, 2.75) is 44.7 Å². The predicted molar refractivity (Wildman–Crippen MR) is 112 cm³/mol. The molecule has 3 atom stereocenters. The molecule has 0 aliphatic heterocycles. The van der Waals surface area contributed by atoms with Gasteiger partial charge in [-0.2, -0.15) is 0 Å². The molecule has 1 fully saturated rings. The van der Waals surface area contributed by atoms with Crippen LogP contribution >= 0.6 is 12.4 Å². The van der Waals surface area contributed by atoms with Crippen molar-refractivity contribution in [1.82, 2.24) is 5.32 Å². The lowest BCUT2D eigenvalue weighted by Gasteiger charge is -2.19. The maximum absolute atomic E-state index is 12.3. The van der Waals surface area contributed by atoms with Gasteiger partial charge in [-0.15, -0.1) is 12.4 Å². The third kappa shape index (κ3) is 5.24. The highest BCUT2D eigenvalue weighted by Gasteiger charge is 2.26. The molecule has 1 aliphatic rings. The number of amides is 1. The van der Waals surface area contributed by atoms with Gasteiger partial charge in [0.05, 0.1) is 13.2 Å². The van der Waals surface area contributed by atoms with Gasteiger partial charge in [-0.05, 0) is 42.9 Å². The number of halogens is 1. The molecule has 0 heterocycles. The molecule has 0 bridgehead atoms. The van der Waals surface area contributed by atoms with Crippen LogP contribution in [0.15, 0.2) is 48.5 Å². The molecule has 0 radical (unpaired) electrons. The van der Waals surface area contributed by atoms with Crippen molar-refractivity contribution in [3.63, 3.8) is 0 Å². The molecule has 0 aromatic heterocycles. The van der Waals surface area contributed by atoms with Crippen molar-refractivity contribution in [3.8, 4) is 16.9 Å². The van der Waals surface area contributed by atoms with E-state index in [0.717, 1.165) is 41.7 Å². The molecule has 1 aliphatic carbocycles. The fourth-order valence-corrected chi connectivity index (χ4v) is 3.78. The van der Waals surface area contributed by atoms with E-state index in [9.17, 15) is 4.79 Å². The molecule has 1 unspecified atom stereocenters. The van der Waals surface area contributed by atoms with E-state index >= 15 is 0 Å². The fraction of sp³-hybridized carbons (Fsp3) is 0.409. The van der Waals surface area contributed by atoms with Crippen LogP contribution in [-0.4, -0.2) is 19.1 Å². The van der Waals surface area contributed by atoms with Crippen molar-refractivity contribution in [1.29, 1.82) is 0 Å². The topological polar surface area (TPSA) is 64.3 Å². The quantitative estimate of drug-likeness (QED) is 0.766. The van der Waals surface area contributed by atoms with Crippen LogP contribution in [0.4, 0.5) is 0 Å². The van der Waals surface area contributed by atoms with Gasteiger partial charge in [-0.25, -0.2) is 0 Å². The van der Waals surface area contributed by atoms with Gasteiger partial charge in [-0.3, -0.25) is 4.79 Å². The lowest BCUT2D eigenvalue weighted by atomic mass is 9.98. The number of nitrogens with one attached hydrogen (secondary N) is 1. The molecular weight excluding hydrogens is 360 g/mol. The van der Waals surface area contributed by atoms with E-state index in [0.29, 0.717) is 12.3 Å². The van der Waals surface area contributed by atoms with Crippen LogP contribution in [0.3, 0.4) is 0 Å². The maximum atomic E-state index is 12.3. The van der Waals surface area contributed by atoms with E-state index in [2.05, 4.69) is 29.6 Å². The van der Waals surface area contributed by atoms with E-state index in [1.54, 1.807) is 7.11 Å². The minimum atomic E-state index is -0.0214.